The Morgan fingerprint density at radius 2 is 2.00 bits per heavy atom. The van der Waals surface area contributed by atoms with Crippen LogP contribution in [0.1, 0.15) is 36.3 Å². The minimum Gasteiger partial charge on any atom is -0.478 e. The summed E-state index contributed by atoms with van der Waals surface area (Å²) in [6.45, 7) is 0.722. The van der Waals surface area contributed by atoms with Crippen molar-refractivity contribution in [2.75, 3.05) is 17.3 Å². The zero-order chi connectivity index (χ0) is 22.9. The van der Waals surface area contributed by atoms with Gasteiger partial charge in [0.2, 0.25) is 5.95 Å². The van der Waals surface area contributed by atoms with Crippen molar-refractivity contribution in [2.45, 2.75) is 30.6 Å². The molecule has 0 N–H and O–H groups in total. The molecule has 2 aromatic heterocycles. The van der Waals surface area contributed by atoms with Gasteiger partial charge < -0.3 is 9.64 Å². The van der Waals surface area contributed by atoms with Crippen LogP contribution in [0.2, 0.25) is 5.02 Å². The molecule has 0 radical (unpaired) electrons. The second-order valence-electron chi connectivity index (χ2n) is 7.96. The first-order valence-electron chi connectivity index (χ1n) is 10.5. The third-order valence-corrected chi connectivity index (χ3v) is 7.07. The number of nitriles is 1. The van der Waals surface area contributed by atoms with Crippen molar-refractivity contribution in [3.05, 3.63) is 75.2 Å². The van der Waals surface area contributed by atoms with Crippen LogP contribution >= 0.6 is 23.4 Å². The van der Waals surface area contributed by atoms with E-state index in [-0.39, 0.29) is 27.5 Å². The number of ether oxygens (including phenoxy) is 1. The van der Waals surface area contributed by atoms with E-state index in [2.05, 4.69) is 14.9 Å². The standard InChI is InChI=1S/C23H19ClFN5O2S/c24-18-12-30(17-4-3-15(9-26)19(25)7-17)21(31)8-20(18)32-22-5-6-29(13-33-22)23-27-10-16(11-28-23)14-1-2-14/h3-4,7-8,10-12,14,22H,1-2,5-6,13H2. The Morgan fingerprint density at radius 1 is 1.21 bits per heavy atom. The smallest absolute Gasteiger partial charge is 0.258 e. The van der Waals surface area contributed by atoms with Gasteiger partial charge in [-0.3, -0.25) is 9.36 Å². The minimum atomic E-state index is -0.701. The van der Waals surface area contributed by atoms with Gasteiger partial charge in [-0.25, -0.2) is 14.4 Å². The fourth-order valence-corrected chi connectivity index (χ4v) is 4.86. The number of hydrogen-bond acceptors (Lipinski definition) is 7. The van der Waals surface area contributed by atoms with Crippen molar-refractivity contribution in [3.63, 3.8) is 0 Å². The van der Waals surface area contributed by atoms with Gasteiger partial charge in [0, 0.05) is 37.6 Å². The number of halogens is 2. The maximum Gasteiger partial charge on any atom is 0.258 e. The SMILES string of the molecule is N#Cc1ccc(-n2cc(Cl)c(OC3CCN(c4ncc(C5CC5)cn4)CS3)cc2=O)cc1F. The van der Waals surface area contributed by atoms with Crippen LogP contribution in [0.4, 0.5) is 10.3 Å². The molecule has 0 bridgehead atoms. The Balaban J connectivity index is 1.24. The van der Waals surface area contributed by atoms with Crippen LogP contribution in [-0.4, -0.2) is 32.4 Å². The Hall–Kier alpha value is -3.09. The van der Waals surface area contributed by atoms with Gasteiger partial charge in [-0.05, 0) is 42.5 Å². The van der Waals surface area contributed by atoms with Crippen molar-refractivity contribution in [1.82, 2.24) is 14.5 Å². The van der Waals surface area contributed by atoms with E-state index in [1.807, 2.05) is 12.4 Å². The normalized spacial score (nSPS) is 18.1. The van der Waals surface area contributed by atoms with Crippen molar-refractivity contribution in [1.29, 1.82) is 5.26 Å². The van der Waals surface area contributed by atoms with Crippen LogP contribution in [0, 0.1) is 17.1 Å². The molecule has 7 nitrogen and oxygen atoms in total. The summed E-state index contributed by atoms with van der Waals surface area (Å²) in [5.41, 5.74) is 0.806. The first-order valence-corrected chi connectivity index (χ1v) is 11.9. The molecule has 2 fully saturated rings. The van der Waals surface area contributed by atoms with Gasteiger partial charge in [0.05, 0.1) is 22.2 Å². The van der Waals surface area contributed by atoms with E-state index < -0.39 is 11.4 Å². The van der Waals surface area contributed by atoms with E-state index in [0.717, 1.165) is 12.6 Å². The topological polar surface area (TPSA) is 84.0 Å². The molecule has 33 heavy (non-hydrogen) atoms. The molecule has 1 saturated heterocycles. The highest BCUT2D eigenvalue weighted by molar-refractivity contribution is 7.99. The molecule has 1 atom stereocenters. The number of nitrogens with zero attached hydrogens (tertiary/aromatic N) is 5. The molecule has 1 aliphatic carbocycles. The summed E-state index contributed by atoms with van der Waals surface area (Å²) in [6, 6.07) is 6.99. The highest BCUT2D eigenvalue weighted by Crippen LogP contribution is 2.39. The van der Waals surface area contributed by atoms with Gasteiger partial charge in [-0.15, -0.1) is 0 Å². The summed E-state index contributed by atoms with van der Waals surface area (Å²) >= 11 is 7.95. The van der Waals surface area contributed by atoms with Crippen LogP contribution in [0.5, 0.6) is 5.75 Å². The molecule has 3 heterocycles. The largest absolute Gasteiger partial charge is 0.478 e. The van der Waals surface area contributed by atoms with E-state index >= 15 is 0 Å². The lowest BCUT2D eigenvalue weighted by Gasteiger charge is -2.31. The molecule has 5 rings (SSSR count). The molecule has 0 spiro atoms. The molecule has 1 aliphatic heterocycles. The second kappa shape index (κ2) is 9.04. The molecule has 1 unspecified atom stereocenters. The Bertz CT molecular complexity index is 1280. The van der Waals surface area contributed by atoms with E-state index in [1.54, 1.807) is 17.8 Å². The number of aromatic nitrogens is 3. The Labute approximate surface area is 198 Å². The molecular formula is C23H19ClFN5O2S. The minimum absolute atomic E-state index is 0.0922. The van der Waals surface area contributed by atoms with E-state index in [0.29, 0.717) is 24.2 Å². The maximum absolute atomic E-state index is 14.0. The van der Waals surface area contributed by atoms with Gasteiger partial charge in [0.15, 0.2) is 0 Å². The summed E-state index contributed by atoms with van der Waals surface area (Å²) in [7, 11) is 0. The lowest BCUT2D eigenvalue weighted by atomic mass is 10.2. The number of hydrogen-bond donors (Lipinski definition) is 0. The quantitative estimate of drug-likeness (QED) is 0.529. The lowest BCUT2D eigenvalue weighted by molar-refractivity contribution is 0.274. The van der Waals surface area contributed by atoms with Crippen LogP contribution in [-0.2, 0) is 0 Å². The predicted octanol–water partition coefficient (Wildman–Crippen LogP) is 4.47. The monoisotopic (exact) mass is 483 g/mol. The molecule has 10 heteroatoms. The van der Waals surface area contributed by atoms with E-state index in [1.165, 1.54) is 47.4 Å². The van der Waals surface area contributed by atoms with Crippen LogP contribution in [0.3, 0.4) is 0 Å². The summed E-state index contributed by atoms with van der Waals surface area (Å²) < 4.78 is 21.2. The van der Waals surface area contributed by atoms with Crippen molar-refractivity contribution < 1.29 is 9.13 Å². The molecule has 1 aromatic carbocycles. The van der Waals surface area contributed by atoms with E-state index in [4.69, 9.17) is 21.6 Å². The second-order valence-corrected chi connectivity index (χ2v) is 9.48. The molecule has 3 aromatic rings. The molecule has 2 aliphatic rings. The third kappa shape index (κ3) is 4.68. The number of rotatable bonds is 5. The van der Waals surface area contributed by atoms with Gasteiger partial charge >= 0.3 is 0 Å². The van der Waals surface area contributed by atoms with Gasteiger partial charge in [0.25, 0.3) is 5.56 Å². The average molecular weight is 484 g/mol. The maximum atomic E-state index is 14.0. The fraction of sp³-hybridized carbons (Fsp3) is 0.304. The lowest BCUT2D eigenvalue weighted by Crippen LogP contribution is -2.35. The highest BCUT2D eigenvalue weighted by atomic mass is 35.5. The Morgan fingerprint density at radius 3 is 2.64 bits per heavy atom. The summed E-state index contributed by atoms with van der Waals surface area (Å²) in [5.74, 6) is 1.58. The zero-order valence-electron chi connectivity index (χ0n) is 17.4. The van der Waals surface area contributed by atoms with Gasteiger partial charge in [0.1, 0.15) is 23.1 Å². The molecular weight excluding hydrogens is 465 g/mol. The summed E-state index contributed by atoms with van der Waals surface area (Å²) in [4.78, 5) is 23.7. The molecule has 1 saturated carbocycles. The molecule has 0 amide bonds. The van der Waals surface area contributed by atoms with Gasteiger partial charge in [-0.1, -0.05) is 23.4 Å². The highest BCUT2D eigenvalue weighted by Gasteiger charge is 2.26. The zero-order valence-corrected chi connectivity index (χ0v) is 19.0. The number of thioether (sulfide) groups is 1. The van der Waals surface area contributed by atoms with Crippen LogP contribution in [0.15, 0.2) is 47.7 Å². The van der Waals surface area contributed by atoms with E-state index in [9.17, 15) is 9.18 Å². The van der Waals surface area contributed by atoms with Gasteiger partial charge in [-0.2, -0.15) is 5.26 Å². The molecule has 168 valence electrons. The van der Waals surface area contributed by atoms with Crippen LogP contribution in [0.25, 0.3) is 5.69 Å². The number of anilines is 1. The number of pyridine rings is 1. The van der Waals surface area contributed by atoms with Crippen LogP contribution < -0.4 is 15.2 Å². The Kier molecular flexibility index (Phi) is 5.96. The summed E-state index contributed by atoms with van der Waals surface area (Å²) in [6.07, 6.45) is 8.38. The van der Waals surface area contributed by atoms with Crippen molar-refractivity contribution in [2.24, 2.45) is 0 Å². The first-order chi connectivity index (χ1) is 16.0. The first kappa shape index (κ1) is 21.7. The predicted molar refractivity (Wildman–Crippen MR) is 125 cm³/mol. The summed E-state index contributed by atoms with van der Waals surface area (Å²) in [5, 5.41) is 9.11. The third-order valence-electron chi connectivity index (χ3n) is 5.62. The average Bonchev–Trinajstić information content (AvgIpc) is 3.67. The van der Waals surface area contributed by atoms with Crippen molar-refractivity contribution >= 4 is 29.3 Å². The number of benzene rings is 1. The van der Waals surface area contributed by atoms with Crippen molar-refractivity contribution in [3.8, 4) is 17.5 Å². The fourth-order valence-electron chi connectivity index (χ4n) is 3.62.